The normalized spacial score (nSPS) is 27.7. The molecule has 26 heavy (non-hydrogen) atoms. The third-order valence-corrected chi connectivity index (χ3v) is 6.33. The molecule has 2 aromatic rings. The van der Waals surface area contributed by atoms with E-state index in [0.717, 1.165) is 5.92 Å². The van der Waals surface area contributed by atoms with Gasteiger partial charge in [-0.1, -0.05) is 93.3 Å². The highest BCUT2D eigenvalue weighted by Gasteiger charge is 2.47. The Bertz CT molecular complexity index is 634. The van der Waals surface area contributed by atoms with Gasteiger partial charge in [0, 0.05) is 0 Å². The molecule has 2 fully saturated rings. The molecule has 4 rings (SSSR count). The topological polar surface area (TPSA) is 24.1 Å². The Kier molecular flexibility index (Phi) is 5.42. The maximum atomic E-state index is 4.07. The predicted octanol–water partition coefficient (Wildman–Crippen LogP) is 5.74. The molecule has 2 N–H and O–H groups in total. The van der Waals surface area contributed by atoms with Gasteiger partial charge >= 0.3 is 0 Å². The van der Waals surface area contributed by atoms with Crippen LogP contribution in [-0.4, -0.2) is 5.66 Å². The van der Waals surface area contributed by atoms with Crippen LogP contribution in [0.4, 0.5) is 0 Å². The highest BCUT2D eigenvalue weighted by atomic mass is 15.3. The van der Waals surface area contributed by atoms with Crippen LogP contribution in [-0.2, 0) is 0 Å². The van der Waals surface area contributed by atoms with E-state index < -0.39 is 0 Å². The average molecular weight is 349 g/mol. The van der Waals surface area contributed by atoms with Crippen molar-refractivity contribution in [3.05, 3.63) is 71.8 Å². The zero-order chi connectivity index (χ0) is 17.8. The lowest BCUT2D eigenvalue weighted by atomic mass is 9.79. The van der Waals surface area contributed by atoms with E-state index in [-0.39, 0.29) is 5.66 Å². The third-order valence-electron chi connectivity index (χ3n) is 6.33. The molecule has 2 heteroatoms. The molecule has 0 unspecified atom stereocenters. The lowest BCUT2D eigenvalue weighted by Crippen LogP contribution is -2.52. The first-order valence-electron chi connectivity index (χ1n) is 10.4. The van der Waals surface area contributed by atoms with Crippen molar-refractivity contribution in [3.8, 4) is 0 Å². The largest absolute Gasteiger partial charge is 0.290 e. The van der Waals surface area contributed by atoms with Crippen molar-refractivity contribution in [2.75, 3.05) is 0 Å². The van der Waals surface area contributed by atoms with Crippen molar-refractivity contribution in [1.29, 1.82) is 0 Å². The molecule has 1 heterocycles. The van der Waals surface area contributed by atoms with E-state index >= 15 is 0 Å². The maximum Gasteiger partial charge on any atom is 0.0700 e. The summed E-state index contributed by atoms with van der Waals surface area (Å²) in [5, 5.41) is 8.13. The number of benzene rings is 2. The first kappa shape index (κ1) is 17.8. The second-order valence-corrected chi connectivity index (χ2v) is 8.25. The van der Waals surface area contributed by atoms with E-state index in [2.05, 4.69) is 78.2 Å². The van der Waals surface area contributed by atoms with Crippen molar-refractivity contribution < 1.29 is 0 Å². The van der Waals surface area contributed by atoms with Crippen molar-refractivity contribution in [2.45, 2.75) is 69.6 Å². The summed E-state index contributed by atoms with van der Waals surface area (Å²) in [6.45, 7) is 2.31. The molecule has 1 aliphatic heterocycles. The van der Waals surface area contributed by atoms with Crippen LogP contribution in [0.5, 0.6) is 0 Å². The summed E-state index contributed by atoms with van der Waals surface area (Å²) in [4.78, 5) is 0. The van der Waals surface area contributed by atoms with Crippen molar-refractivity contribution >= 4 is 0 Å². The van der Waals surface area contributed by atoms with Gasteiger partial charge in [-0.15, -0.1) is 0 Å². The molecule has 2 nitrogen and oxygen atoms in total. The molecule has 1 saturated heterocycles. The Labute approximate surface area is 158 Å². The summed E-state index contributed by atoms with van der Waals surface area (Å²) in [5.41, 5.74) is 2.88. The molecular weight excluding hydrogens is 316 g/mol. The second-order valence-electron chi connectivity index (χ2n) is 8.25. The quantitative estimate of drug-likeness (QED) is 0.720. The molecule has 1 spiro atoms. The minimum absolute atomic E-state index is 0.0949. The van der Waals surface area contributed by atoms with Crippen molar-refractivity contribution in [1.82, 2.24) is 10.6 Å². The Morgan fingerprint density at radius 2 is 1.46 bits per heavy atom. The van der Waals surface area contributed by atoms with E-state index in [9.17, 15) is 0 Å². The van der Waals surface area contributed by atoms with E-state index in [0.29, 0.717) is 12.1 Å². The van der Waals surface area contributed by atoms with E-state index in [1.54, 1.807) is 0 Å². The molecule has 0 amide bonds. The first-order valence-corrected chi connectivity index (χ1v) is 10.4. The number of hydrogen-bond donors (Lipinski definition) is 2. The van der Waals surface area contributed by atoms with Crippen molar-refractivity contribution in [3.63, 3.8) is 0 Å². The van der Waals surface area contributed by atoms with Gasteiger partial charge in [-0.3, -0.25) is 10.6 Å². The Balaban J connectivity index is 1.61. The molecule has 0 aromatic heterocycles. The molecular formula is C24H32N2. The Morgan fingerprint density at radius 1 is 0.885 bits per heavy atom. The highest BCUT2D eigenvalue weighted by molar-refractivity contribution is 5.31. The van der Waals surface area contributed by atoms with Crippen LogP contribution < -0.4 is 10.6 Å². The summed E-state index contributed by atoms with van der Waals surface area (Å²) in [5.74, 6) is 0.856. The predicted molar refractivity (Wildman–Crippen MR) is 109 cm³/mol. The molecule has 2 aliphatic rings. The van der Waals surface area contributed by atoms with Gasteiger partial charge in [-0.25, -0.2) is 0 Å². The number of nitrogens with one attached hydrogen (secondary N) is 2. The summed E-state index contributed by atoms with van der Waals surface area (Å²) in [6, 6.07) is 22.6. The van der Waals surface area contributed by atoms with Gasteiger partial charge < -0.3 is 0 Å². The van der Waals surface area contributed by atoms with Crippen LogP contribution in [0, 0.1) is 5.92 Å². The second kappa shape index (κ2) is 7.94. The van der Waals surface area contributed by atoms with E-state index in [4.69, 9.17) is 0 Å². The standard InChI is InChI=1S/C24H32N2/c1-2-3-11-19-12-10-17-24(18-19)25-22(20-13-6-4-7-14-20)23(26-24)21-15-8-5-9-16-21/h4-9,13-16,19,22-23,25-26H,2-3,10-12,17-18H2,1H3/t19-,22+,23+/m0/s1. The fraction of sp³-hybridized carbons (Fsp3) is 0.500. The van der Waals surface area contributed by atoms with Crippen LogP contribution in [0.15, 0.2) is 60.7 Å². The first-order chi connectivity index (χ1) is 12.8. The number of hydrogen-bond acceptors (Lipinski definition) is 2. The minimum Gasteiger partial charge on any atom is -0.290 e. The van der Waals surface area contributed by atoms with Gasteiger partial charge in [0.05, 0.1) is 17.7 Å². The lowest BCUT2D eigenvalue weighted by molar-refractivity contribution is 0.162. The number of unbranched alkanes of at least 4 members (excludes halogenated alkanes) is 1. The maximum absolute atomic E-state index is 4.07. The zero-order valence-corrected chi connectivity index (χ0v) is 16.0. The van der Waals surface area contributed by atoms with Crippen LogP contribution in [0.2, 0.25) is 0 Å². The van der Waals surface area contributed by atoms with Gasteiger partial charge in [0.2, 0.25) is 0 Å². The molecule has 0 bridgehead atoms. The molecule has 1 saturated carbocycles. The van der Waals surface area contributed by atoms with Crippen LogP contribution >= 0.6 is 0 Å². The van der Waals surface area contributed by atoms with Crippen LogP contribution in [0.1, 0.15) is 75.1 Å². The molecule has 0 radical (unpaired) electrons. The summed E-state index contributed by atoms with van der Waals surface area (Å²) in [7, 11) is 0. The van der Waals surface area contributed by atoms with Gasteiger partial charge in [0.1, 0.15) is 0 Å². The summed E-state index contributed by atoms with van der Waals surface area (Å²) < 4.78 is 0. The molecule has 2 aromatic carbocycles. The molecule has 138 valence electrons. The number of rotatable bonds is 5. The minimum atomic E-state index is 0.0949. The summed E-state index contributed by atoms with van der Waals surface area (Å²) in [6.07, 6.45) is 9.29. The van der Waals surface area contributed by atoms with E-state index in [1.807, 2.05) is 0 Å². The smallest absolute Gasteiger partial charge is 0.0700 e. The fourth-order valence-electron chi connectivity index (χ4n) is 5.07. The highest BCUT2D eigenvalue weighted by Crippen LogP contribution is 2.44. The van der Waals surface area contributed by atoms with Crippen LogP contribution in [0.3, 0.4) is 0 Å². The summed E-state index contributed by atoms with van der Waals surface area (Å²) >= 11 is 0. The third kappa shape index (κ3) is 3.72. The molecule has 1 aliphatic carbocycles. The SMILES string of the molecule is CCCC[C@H]1CCCC2(C1)N[C@H](c1ccccc1)[C@@H](c1ccccc1)N2. The van der Waals surface area contributed by atoms with Gasteiger partial charge in [-0.05, 0) is 36.3 Å². The van der Waals surface area contributed by atoms with Crippen LogP contribution in [0.25, 0.3) is 0 Å². The van der Waals surface area contributed by atoms with Gasteiger partial charge in [0.25, 0.3) is 0 Å². The van der Waals surface area contributed by atoms with Gasteiger partial charge in [0.15, 0.2) is 0 Å². The van der Waals surface area contributed by atoms with Crippen molar-refractivity contribution in [2.24, 2.45) is 5.92 Å². The molecule has 3 atom stereocenters. The average Bonchev–Trinajstić information content (AvgIpc) is 3.06. The van der Waals surface area contributed by atoms with E-state index in [1.165, 1.54) is 56.1 Å². The Hall–Kier alpha value is -1.64. The monoisotopic (exact) mass is 348 g/mol. The Morgan fingerprint density at radius 3 is 2.00 bits per heavy atom. The lowest BCUT2D eigenvalue weighted by Gasteiger charge is -2.39. The zero-order valence-electron chi connectivity index (χ0n) is 16.0. The van der Waals surface area contributed by atoms with Gasteiger partial charge in [-0.2, -0.15) is 0 Å². The fourth-order valence-corrected chi connectivity index (χ4v) is 5.07.